The lowest BCUT2D eigenvalue weighted by molar-refractivity contribution is -0.384. The van der Waals surface area contributed by atoms with Crippen molar-refractivity contribution in [3.8, 4) is 5.75 Å². The van der Waals surface area contributed by atoms with Crippen LogP contribution >= 0.6 is 11.3 Å². The first-order valence-electron chi connectivity index (χ1n) is 8.66. The molecule has 3 aromatic rings. The molecule has 0 aliphatic heterocycles. The summed E-state index contributed by atoms with van der Waals surface area (Å²) in [4.78, 5) is 27.1. The van der Waals surface area contributed by atoms with E-state index in [1.54, 1.807) is 24.3 Å². The maximum Gasteiger partial charge on any atom is 0.271 e. The highest BCUT2D eigenvalue weighted by Crippen LogP contribution is 2.29. The fourth-order valence-electron chi connectivity index (χ4n) is 2.52. The Labute approximate surface area is 160 Å². The molecule has 0 bridgehead atoms. The summed E-state index contributed by atoms with van der Waals surface area (Å²) in [5, 5.41) is 14.0. The number of hydrogen-bond acceptors (Lipinski definition) is 6. The summed E-state index contributed by atoms with van der Waals surface area (Å²) < 4.78 is 6.44. The molecule has 0 aliphatic rings. The predicted octanol–water partition coefficient (Wildman–Crippen LogP) is 5.03. The van der Waals surface area contributed by atoms with E-state index < -0.39 is 4.92 Å². The summed E-state index contributed by atoms with van der Waals surface area (Å²) in [6.45, 7) is 2.75. The van der Waals surface area contributed by atoms with Gasteiger partial charge in [-0.2, -0.15) is 0 Å². The molecule has 0 aliphatic carbocycles. The van der Waals surface area contributed by atoms with Crippen molar-refractivity contribution in [1.82, 2.24) is 4.98 Å². The molecule has 0 saturated carbocycles. The lowest BCUT2D eigenvalue weighted by Crippen LogP contribution is -2.11. The lowest BCUT2D eigenvalue weighted by Gasteiger charge is -2.07. The van der Waals surface area contributed by atoms with Crippen molar-refractivity contribution in [2.45, 2.75) is 26.2 Å². The number of thiazole rings is 1. The number of rotatable bonds is 8. The third-order valence-electron chi connectivity index (χ3n) is 3.92. The van der Waals surface area contributed by atoms with Crippen molar-refractivity contribution in [3.63, 3.8) is 0 Å². The van der Waals surface area contributed by atoms with Crippen LogP contribution < -0.4 is 10.1 Å². The van der Waals surface area contributed by atoms with E-state index in [4.69, 9.17) is 4.74 Å². The van der Waals surface area contributed by atoms with Gasteiger partial charge in [0.15, 0.2) is 5.13 Å². The average Bonchev–Trinajstić information content (AvgIpc) is 3.06. The second-order valence-corrected chi connectivity index (χ2v) is 7.00. The van der Waals surface area contributed by atoms with E-state index in [-0.39, 0.29) is 11.6 Å². The number of carbonyl (C=O) groups excluding carboxylic acids is 1. The summed E-state index contributed by atoms with van der Waals surface area (Å²) in [6, 6.07) is 11.4. The predicted molar refractivity (Wildman–Crippen MR) is 106 cm³/mol. The van der Waals surface area contributed by atoms with Crippen molar-refractivity contribution in [3.05, 3.63) is 58.1 Å². The van der Waals surface area contributed by atoms with Crippen molar-refractivity contribution >= 4 is 38.3 Å². The maximum atomic E-state index is 12.5. The molecular weight excluding hydrogens is 366 g/mol. The largest absolute Gasteiger partial charge is 0.494 e. The topological polar surface area (TPSA) is 94.4 Å². The normalized spacial score (nSPS) is 10.7. The number of nitro benzene ring substituents is 1. The third-order valence-corrected chi connectivity index (χ3v) is 4.87. The van der Waals surface area contributed by atoms with Crippen molar-refractivity contribution in [1.29, 1.82) is 0 Å². The molecule has 0 unspecified atom stereocenters. The molecule has 1 aromatic heterocycles. The van der Waals surface area contributed by atoms with E-state index in [1.165, 1.54) is 23.5 Å². The molecular formula is C19H19N3O4S. The van der Waals surface area contributed by atoms with Gasteiger partial charge in [0, 0.05) is 17.7 Å². The van der Waals surface area contributed by atoms with Crippen molar-refractivity contribution < 1.29 is 14.5 Å². The Morgan fingerprint density at radius 1 is 1.26 bits per heavy atom. The van der Waals surface area contributed by atoms with E-state index >= 15 is 0 Å². The number of amides is 1. The zero-order valence-corrected chi connectivity index (χ0v) is 15.6. The van der Waals surface area contributed by atoms with Crippen molar-refractivity contribution in [2.24, 2.45) is 0 Å². The second kappa shape index (κ2) is 8.59. The summed E-state index contributed by atoms with van der Waals surface area (Å²) in [6.07, 6.45) is 3.21. The van der Waals surface area contributed by atoms with E-state index in [9.17, 15) is 14.9 Å². The molecule has 8 heteroatoms. The summed E-state index contributed by atoms with van der Waals surface area (Å²) in [5.41, 5.74) is 0.921. The standard InChI is InChI=1S/C19H19N3O4S/c1-2-3-4-10-26-15-7-5-6-13(11-15)18(23)21-19-20-16-12-14(22(24)25)8-9-17(16)27-19/h5-9,11-12H,2-4,10H2,1H3,(H,20,21,23). The van der Waals surface area contributed by atoms with Crippen LogP contribution in [-0.2, 0) is 0 Å². The van der Waals surface area contributed by atoms with Gasteiger partial charge in [0.05, 0.1) is 21.7 Å². The number of aromatic nitrogens is 1. The van der Waals surface area contributed by atoms with E-state index in [0.29, 0.717) is 28.6 Å². The Morgan fingerprint density at radius 3 is 2.89 bits per heavy atom. The second-order valence-electron chi connectivity index (χ2n) is 5.97. The van der Waals surface area contributed by atoms with Crippen LogP contribution in [0.15, 0.2) is 42.5 Å². The molecule has 1 heterocycles. The molecule has 27 heavy (non-hydrogen) atoms. The molecule has 1 N–H and O–H groups in total. The number of benzene rings is 2. The van der Waals surface area contributed by atoms with Crippen LogP contribution in [0, 0.1) is 10.1 Å². The zero-order valence-electron chi connectivity index (χ0n) is 14.8. The van der Waals surface area contributed by atoms with Gasteiger partial charge in [-0.25, -0.2) is 4.98 Å². The number of nitrogens with zero attached hydrogens (tertiary/aromatic N) is 2. The fourth-order valence-corrected chi connectivity index (χ4v) is 3.36. The Balaban J connectivity index is 1.69. The molecule has 140 valence electrons. The molecule has 7 nitrogen and oxygen atoms in total. The minimum atomic E-state index is -0.469. The van der Waals surface area contributed by atoms with Crippen LogP contribution in [0.4, 0.5) is 10.8 Å². The molecule has 0 spiro atoms. The van der Waals surface area contributed by atoms with Gasteiger partial charge in [0.25, 0.3) is 11.6 Å². The van der Waals surface area contributed by atoms with Gasteiger partial charge in [0.2, 0.25) is 0 Å². The fraction of sp³-hybridized carbons (Fsp3) is 0.263. The third kappa shape index (κ3) is 4.79. The summed E-state index contributed by atoms with van der Waals surface area (Å²) in [5.74, 6) is 0.348. The van der Waals surface area contributed by atoms with Gasteiger partial charge in [-0.3, -0.25) is 20.2 Å². The summed E-state index contributed by atoms with van der Waals surface area (Å²) >= 11 is 1.27. The molecule has 3 rings (SSSR count). The minimum absolute atomic E-state index is 0.0291. The maximum absolute atomic E-state index is 12.5. The Morgan fingerprint density at radius 2 is 2.11 bits per heavy atom. The first kappa shape index (κ1) is 18.8. The van der Waals surface area contributed by atoms with Gasteiger partial charge in [0.1, 0.15) is 5.75 Å². The molecule has 0 atom stereocenters. The van der Waals surface area contributed by atoms with Gasteiger partial charge in [-0.15, -0.1) is 0 Å². The first-order valence-corrected chi connectivity index (χ1v) is 9.47. The quantitative estimate of drug-likeness (QED) is 0.333. The highest BCUT2D eigenvalue weighted by molar-refractivity contribution is 7.22. The van der Waals surface area contributed by atoms with Crippen LogP contribution in [0.1, 0.15) is 36.5 Å². The molecule has 0 fully saturated rings. The van der Waals surface area contributed by atoms with Crippen LogP contribution in [0.5, 0.6) is 5.75 Å². The Hall–Kier alpha value is -3.00. The van der Waals surface area contributed by atoms with Crippen molar-refractivity contribution in [2.75, 3.05) is 11.9 Å². The van der Waals surface area contributed by atoms with E-state index in [0.717, 1.165) is 24.0 Å². The molecule has 1 amide bonds. The molecule has 0 radical (unpaired) electrons. The monoisotopic (exact) mass is 385 g/mol. The van der Waals surface area contributed by atoms with E-state index in [2.05, 4.69) is 17.2 Å². The highest BCUT2D eigenvalue weighted by atomic mass is 32.1. The van der Waals surface area contributed by atoms with Crippen LogP contribution in [-0.4, -0.2) is 22.4 Å². The highest BCUT2D eigenvalue weighted by Gasteiger charge is 2.13. The molecule has 0 saturated heterocycles. The smallest absolute Gasteiger partial charge is 0.271 e. The van der Waals surface area contributed by atoms with Crippen LogP contribution in [0.2, 0.25) is 0 Å². The number of anilines is 1. The van der Waals surface area contributed by atoms with Gasteiger partial charge in [-0.05, 0) is 30.7 Å². The number of carbonyl (C=O) groups is 1. The number of ether oxygens (including phenoxy) is 1. The average molecular weight is 385 g/mol. The Bertz CT molecular complexity index is 970. The summed E-state index contributed by atoms with van der Waals surface area (Å²) in [7, 11) is 0. The first-order chi connectivity index (χ1) is 13.1. The van der Waals surface area contributed by atoms with Gasteiger partial charge >= 0.3 is 0 Å². The number of nitrogens with one attached hydrogen (secondary N) is 1. The van der Waals surface area contributed by atoms with Crippen LogP contribution in [0.3, 0.4) is 0 Å². The lowest BCUT2D eigenvalue weighted by atomic mass is 10.2. The zero-order chi connectivity index (χ0) is 19.2. The Kier molecular flexibility index (Phi) is 5.97. The number of hydrogen-bond donors (Lipinski definition) is 1. The number of non-ortho nitro benzene ring substituents is 1. The minimum Gasteiger partial charge on any atom is -0.494 e. The van der Waals surface area contributed by atoms with Gasteiger partial charge < -0.3 is 4.74 Å². The van der Waals surface area contributed by atoms with E-state index in [1.807, 2.05) is 6.07 Å². The number of nitro groups is 1. The SMILES string of the molecule is CCCCCOc1cccc(C(=O)Nc2nc3cc([N+](=O)[O-])ccc3s2)c1. The molecule has 2 aromatic carbocycles. The van der Waals surface area contributed by atoms with Crippen LogP contribution in [0.25, 0.3) is 10.2 Å². The number of fused-ring (bicyclic) bond motifs is 1. The van der Waals surface area contributed by atoms with Gasteiger partial charge in [-0.1, -0.05) is 37.2 Å². The number of unbranched alkanes of at least 4 members (excludes halogenated alkanes) is 2.